The number of carbonyl (C=O) groups excluding carboxylic acids is 3. The van der Waals surface area contributed by atoms with Crippen LogP contribution in [0.25, 0.3) is 6.08 Å². The van der Waals surface area contributed by atoms with Crippen molar-refractivity contribution >= 4 is 58.1 Å². The Labute approximate surface area is 166 Å². The summed E-state index contributed by atoms with van der Waals surface area (Å²) in [4.78, 5) is 40.1. The van der Waals surface area contributed by atoms with Gasteiger partial charge in [-0.25, -0.2) is 0 Å². The standard InChI is InChI=1S/C18H18Cl2N2O3S/c1-11-4-6-21(7-5-11)16(23)10-22-17(24)15(26-18(22)25)8-12-2-3-13(19)9-14(12)20/h2-3,8-9,11H,4-7,10H2,1H3/b15-8+. The van der Waals surface area contributed by atoms with Crippen LogP contribution in [-0.4, -0.2) is 46.5 Å². The van der Waals surface area contributed by atoms with Crippen molar-refractivity contribution in [3.05, 3.63) is 38.7 Å². The van der Waals surface area contributed by atoms with Gasteiger partial charge in [0, 0.05) is 23.1 Å². The first-order chi connectivity index (χ1) is 12.3. The summed E-state index contributed by atoms with van der Waals surface area (Å²) in [5, 5.41) is 0.439. The van der Waals surface area contributed by atoms with Crippen LogP contribution < -0.4 is 0 Å². The summed E-state index contributed by atoms with van der Waals surface area (Å²) in [6.07, 6.45) is 3.45. The maximum Gasteiger partial charge on any atom is 0.294 e. The van der Waals surface area contributed by atoms with Crippen LogP contribution in [0.15, 0.2) is 23.1 Å². The number of hydrogen-bond acceptors (Lipinski definition) is 4. The molecule has 0 radical (unpaired) electrons. The first kappa shape index (κ1) is 19.3. The van der Waals surface area contributed by atoms with Crippen molar-refractivity contribution in [3.8, 4) is 0 Å². The minimum absolute atomic E-state index is 0.190. The molecular formula is C18H18Cl2N2O3S. The smallest absolute Gasteiger partial charge is 0.294 e. The first-order valence-corrected chi connectivity index (χ1v) is 9.90. The van der Waals surface area contributed by atoms with Crippen LogP contribution in [0, 0.1) is 5.92 Å². The van der Waals surface area contributed by atoms with Gasteiger partial charge in [-0.1, -0.05) is 36.2 Å². The lowest BCUT2D eigenvalue weighted by molar-refractivity contribution is -0.136. The number of benzene rings is 1. The summed E-state index contributed by atoms with van der Waals surface area (Å²) in [5.74, 6) is -0.0574. The molecule has 0 atom stereocenters. The molecule has 2 aliphatic heterocycles. The van der Waals surface area contributed by atoms with Gasteiger partial charge in [0.15, 0.2) is 0 Å². The van der Waals surface area contributed by atoms with Crippen molar-refractivity contribution in [1.82, 2.24) is 9.80 Å². The zero-order chi connectivity index (χ0) is 18.8. The molecule has 0 unspecified atom stereocenters. The molecule has 2 fully saturated rings. The van der Waals surface area contributed by atoms with E-state index in [1.165, 1.54) is 0 Å². The maximum absolute atomic E-state index is 12.5. The Morgan fingerprint density at radius 1 is 1.27 bits per heavy atom. The Hall–Kier alpha value is -1.50. The van der Waals surface area contributed by atoms with Crippen LogP contribution in [0.3, 0.4) is 0 Å². The molecule has 3 amide bonds. The molecule has 5 nitrogen and oxygen atoms in total. The highest BCUT2D eigenvalue weighted by Crippen LogP contribution is 2.34. The van der Waals surface area contributed by atoms with Gasteiger partial charge in [-0.2, -0.15) is 0 Å². The predicted molar refractivity (Wildman–Crippen MR) is 104 cm³/mol. The zero-order valence-electron chi connectivity index (χ0n) is 14.2. The highest BCUT2D eigenvalue weighted by Gasteiger charge is 2.37. The van der Waals surface area contributed by atoms with Gasteiger partial charge in [-0.05, 0) is 54.3 Å². The summed E-state index contributed by atoms with van der Waals surface area (Å²) in [6, 6.07) is 4.91. The molecule has 1 aromatic rings. The van der Waals surface area contributed by atoms with E-state index in [0.717, 1.165) is 29.5 Å². The SMILES string of the molecule is CC1CCN(C(=O)CN2C(=O)S/C(=C/c3ccc(Cl)cc3Cl)C2=O)CC1. The number of likely N-dealkylation sites (tertiary alicyclic amines) is 1. The third-order valence-electron chi connectivity index (χ3n) is 4.55. The fraction of sp³-hybridized carbons (Fsp3) is 0.389. The molecule has 8 heteroatoms. The van der Waals surface area contributed by atoms with Crippen molar-refractivity contribution < 1.29 is 14.4 Å². The molecule has 2 heterocycles. The van der Waals surface area contributed by atoms with Crippen LogP contribution in [0.5, 0.6) is 0 Å². The molecule has 1 aromatic carbocycles. The van der Waals surface area contributed by atoms with Gasteiger partial charge in [-0.15, -0.1) is 0 Å². The van der Waals surface area contributed by atoms with Gasteiger partial charge in [0.25, 0.3) is 11.1 Å². The molecular weight excluding hydrogens is 395 g/mol. The van der Waals surface area contributed by atoms with E-state index in [-0.39, 0.29) is 17.4 Å². The van der Waals surface area contributed by atoms with E-state index in [4.69, 9.17) is 23.2 Å². The van der Waals surface area contributed by atoms with Gasteiger partial charge in [0.1, 0.15) is 6.54 Å². The Bertz CT molecular complexity index is 789. The molecule has 0 aromatic heterocycles. The number of carbonyl (C=O) groups is 3. The van der Waals surface area contributed by atoms with Crippen LogP contribution in [0.4, 0.5) is 4.79 Å². The molecule has 0 bridgehead atoms. The van der Waals surface area contributed by atoms with Crippen LogP contribution >= 0.6 is 35.0 Å². The van der Waals surface area contributed by atoms with E-state index in [1.807, 2.05) is 0 Å². The first-order valence-electron chi connectivity index (χ1n) is 8.33. The molecule has 2 saturated heterocycles. The minimum Gasteiger partial charge on any atom is -0.341 e. The van der Waals surface area contributed by atoms with E-state index >= 15 is 0 Å². The Morgan fingerprint density at radius 2 is 1.96 bits per heavy atom. The van der Waals surface area contributed by atoms with Crippen molar-refractivity contribution in [2.75, 3.05) is 19.6 Å². The molecule has 0 N–H and O–H groups in total. The van der Waals surface area contributed by atoms with Gasteiger partial charge in [0.2, 0.25) is 5.91 Å². The van der Waals surface area contributed by atoms with E-state index < -0.39 is 11.1 Å². The fourth-order valence-corrected chi connectivity index (χ4v) is 4.18. The lowest BCUT2D eigenvalue weighted by Crippen LogP contribution is -2.45. The summed E-state index contributed by atoms with van der Waals surface area (Å²) in [5.41, 5.74) is 0.595. The number of amides is 3. The van der Waals surface area contributed by atoms with E-state index in [2.05, 4.69) is 6.92 Å². The van der Waals surface area contributed by atoms with Gasteiger partial charge in [-0.3, -0.25) is 19.3 Å². The number of nitrogens with zero attached hydrogens (tertiary/aromatic N) is 2. The van der Waals surface area contributed by atoms with Gasteiger partial charge in [0.05, 0.1) is 4.91 Å². The van der Waals surface area contributed by atoms with Gasteiger partial charge >= 0.3 is 0 Å². The number of halogens is 2. The monoisotopic (exact) mass is 412 g/mol. The molecule has 3 rings (SSSR count). The number of piperidine rings is 1. The zero-order valence-corrected chi connectivity index (χ0v) is 16.5. The minimum atomic E-state index is -0.468. The van der Waals surface area contributed by atoms with Crippen LogP contribution in [-0.2, 0) is 9.59 Å². The van der Waals surface area contributed by atoms with E-state index in [1.54, 1.807) is 29.2 Å². The van der Waals surface area contributed by atoms with Crippen molar-refractivity contribution in [2.24, 2.45) is 5.92 Å². The Balaban J connectivity index is 1.70. The summed E-state index contributed by atoms with van der Waals surface area (Å²) >= 11 is 12.8. The molecule has 26 heavy (non-hydrogen) atoms. The topological polar surface area (TPSA) is 57.7 Å². The van der Waals surface area contributed by atoms with E-state index in [0.29, 0.717) is 34.6 Å². The average Bonchev–Trinajstić information content (AvgIpc) is 2.85. The summed E-state index contributed by atoms with van der Waals surface area (Å²) in [6.45, 7) is 3.29. The van der Waals surface area contributed by atoms with Gasteiger partial charge < -0.3 is 4.90 Å². The summed E-state index contributed by atoms with van der Waals surface area (Å²) in [7, 11) is 0. The van der Waals surface area contributed by atoms with E-state index in [9.17, 15) is 14.4 Å². The highest BCUT2D eigenvalue weighted by atomic mass is 35.5. The Morgan fingerprint density at radius 3 is 2.62 bits per heavy atom. The number of rotatable bonds is 3. The van der Waals surface area contributed by atoms with Crippen molar-refractivity contribution in [3.63, 3.8) is 0 Å². The molecule has 0 spiro atoms. The lowest BCUT2D eigenvalue weighted by atomic mass is 9.99. The second kappa shape index (κ2) is 8.03. The Kier molecular flexibility index (Phi) is 5.95. The second-order valence-corrected chi connectivity index (χ2v) is 8.33. The number of hydrogen-bond donors (Lipinski definition) is 0. The average molecular weight is 413 g/mol. The maximum atomic E-state index is 12.5. The number of imide groups is 1. The second-order valence-electron chi connectivity index (χ2n) is 6.50. The largest absolute Gasteiger partial charge is 0.341 e. The summed E-state index contributed by atoms with van der Waals surface area (Å²) < 4.78 is 0. The molecule has 0 aliphatic carbocycles. The molecule has 2 aliphatic rings. The number of thioether (sulfide) groups is 1. The third-order valence-corrected chi connectivity index (χ3v) is 6.02. The quantitative estimate of drug-likeness (QED) is 0.694. The highest BCUT2D eigenvalue weighted by molar-refractivity contribution is 8.18. The lowest BCUT2D eigenvalue weighted by Gasteiger charge is -2.31. The van der Waals surface area contributed by atoms with Crippen LogP contribution in [0.1, 0.15) is 25.3 Å². The fourth-order valence-electron chi connectivity index (χ4n) is 2.89. The molecule has 138 valence electrons. The third kappa shape index (κ3) is 4.24. The normalized spacial score (nSPS) is 20.3. The predicted octanol–water partition coefficient (Wildman–Crippen LogP) is 4.29. The van der Waals surface area contributed by atoms with Crippen molar-refractivity contribution in [1.29, 1.82) is 0 Å². The van der Waals surface area contributed by atoms with Crippen LogP contribution in [0.2, 0.25) is 10.0 Å². The van der Waals surface area contributed by atoms with Crippen molar-refractivity contribution in [2.45, 2.75) is 19.8 Å². The molecule has 0 saturated carbocycles.